The van der Waals surface area contributed by atoms with Gasteiger partial charge in [0.1, 0.15) is 0 Å². The molecule has 21 heavy (non-hydrogen) atoms. The molecule has 0 aromatic heterocycles. The van der Waals surface area contributed by atoms with E-state index >= 15 is 0 Å². The second-order valence-electron chi connectivity index (χ2n) is 6.93. The molecule has 4 atom stereocenters. The van der Waals surface area contributed by atoms with E-state index in [9.17, 15) is 14.7 Å². The normalized spacial score (nSPS) is 35.6. The molecule has 0 aliphatic heterocycles. The van der Waals surface area contributed by atoms with E-state index in [0.717, 1.165) is 19.4 Å². The van der Waals surface area contributed by atoms with Crippen LogP contribution in [-0.2, 0) is 9.59 Å². The first-order chi connectivity index (χ1) is 10.2. The lowest BCUT2D eigenvalue weighted by Crippen LogP contribution is -2.49. The average molecular weight is 291 g/mol. The van der Waals surface area contributed by atoms with E-state index in [1.54, 1.807) is 0 Å². The molecule has 0 aromatic carbocycles. The van der Waals surface area contributed by atoms with Crippen molar-refractivity contribution >= 4 is 11.9 Å². The summed E-state index contributed by atoms with van der Waals surface area (Å²) in [6, 6.07) is 0. The summed E-state index contributed by atoms with van der Waals surface area (Å²) in [5.74, 6) is -1.00. The monoisotopic (exact) mass is 291 g/mol. The van der Waals surface area contributed by atoms with Crippen LogP contribution >= 0.6 is 0 Å². The fraction of sp³-hybridized carbons (Fsp3) is 0.765. The van der Waals surface area contributed by atoms with Crippen LogP contribution in [0.3, 0.4) is 0 Å². The minimum Gasteiger partial charge on any atom is -0.481 e. The van der Waals surface area contributed by atoms with Gasteiger partial charge in [-0.05, 0) is 43.4 Å². The van der Waals surface area contributed by atoms with Crippen LogP contribution in [0.2, 0.25) is 0 Å². The van der Waals surface area contributed by atoms with Crippen molar-refractivity contribution in [3.05, 3.63) is 12.2 Å². The van der Waals surface area contributed by atoms with E-state index in [4.69, 9.17) is 0 Å². The predicted octanol–water partition coefficient (Wildman–Crippen LogP) is 2.60. The lowest BCUT2D eigenvalue weighted by molar-refractivity contribution is -0.153. The van der Waals surface area contributed by atoms with E-state index in [0.29, 0.717) is 5.92 Å². The van der Waals surface area contributed by atoms with E-state index in [2.05, 4.69) is 11.4 Å². The number of carbonyl (C=O) groups is 2. The minimum atomic E-state index is -0.813. The minimum absolute atomic E-state index is 0.0352. The van der Waals surface area contributed by atoms with Crippen LogP contribution in [0.15, 0.2) is 12.2 Å². The van der Waals surface area contributed by atoms with Crippen molar-refractivity contribution in [2.75, 3.05) is 6.54 Å². The number of nitrogens with one attached hydrogen (secondary N) is 1. The largest absolute Gasteiger partial charge is 0.481 e. The summed E-state index contributed by atoms with van der Waals surface area (Å²) in [6.45, 7) is 0.725. The zero-order chi connectivity index (χ0) is 14.8. The number of allylic oxidation sites excluding steroid dienone is 2. The zero-order valence-corrected chi connectivity index (χ0v) is 12.5. The molecule has 0 spiro atoms. The van der Waals surface area contributed by atoms with E-state index in [1.165, 1.54) is 32.1 Å². The van der Waals surface area contributed by atoms with Gasteiger partial charge in [0, 0.05) is 6.54 Å². The molecule has 0 unspecified atom stereocenters. The number of hydrogen-bond acceptors (Lipinski definition) is 2. The summed E-state index contributed by atoms with van der Waals surface area (Å²) in [5, 5.41) is 12.5. The second kappa shape index (κ2) is 6.20. The Bertz CT molecular complexity index is 439. The zero-order valence-electron chi connectivity index (χ0n) is 12.5. The summed E-state index contributed by atoms with van der Waals surface area (Å²) in [5.41, 5.74) is 0. The molecule has 0 aromatic rings. The van der Waals surface area contributed by atoms with E-state index in [1.807, 2.05) is 6.08 Å². The Kier molecular flexibility index (Phi) is 4.32. The van der Waals surface area contributed by atoms with Gasteiger partial charge in [-0.3, -0.25) is 9.59 Å². The fourth-order valence-electron chi connectivity index (χ4n) is 4.44. The fourth-order valence-corrected chi connectivity index (χ4v) is 4.44. The second-order valence-corrected chi connectivity index (χ2v) is 6.93. The van der Waals surface area contributed by atoms with Crippen molar-refractivity contribution in [3.63, 3.8) is 0 Å². The first kappa shape index (κ1) is 14.6. The summed E-state index contributed by atoms with van der Waals surface area (Å²) >= 11 is 0. The summed E-state index contributed by atoms with van der Waals surface area (Å²) in [7, 11) is 0. The van der Waals surface area contributed by atoms with Crippen molar-refractivity contribution in [2.24, 2.45) is 29.6 Å². The highest BCUT2D eigenvalue weighted by Crippen LogP contribution is 2.45. The quantitative estimate of drug-likeness (QED) is 0.782. The number of aliphatic carboxylic acids is 1. The van der Waals surface area contributed by atoms with Gasteiger partial charge in [0.15, 0.2) is 0 Å². The highest BCUT2D eigenvalue weighted by atomic mass is 16.4. The SMILES string of the molecule is O=C(O)[C@@H]1[C@H](C(=O)NCC2CCCCC2)[C@@H]2C=C[C@H]1CC2. The Labute approximate surface area is 126 Å². The highest BCUT2D eigenvalue weighted by molar-refractivity contribution is 5.86. The van der Waals surface area contributed by atoms with Crippen LogP contribution in [0.5, 0.6) is 0 Å². The van der Waals surface area contributed by atoms with Crippen LogP contribution in [0.1, 0.15) is 44.9 Å². The molecule has 1 amide bonds. The third kappa shape index (κ3) is 2.99. The molecule has 4 rings (SSSR count). The predicted molar refractivity (Wildman–Crippen MR) is 79.6 cm³/mol. The van der Waals surface area contributed by atoms with Crippen molar-refractivity contribution in [2.45, 2.75) is 44.9 Å². The van der Waals surface area contributed by atoms with Gasteiger partial charge >= 0.3 is 5.97 Å². The first-order valence-electron chi connectivity index (χ1n) is 8.35. The molecule has 4 aliphatic rings. The number of fused-ring (bicyclic) bond motifs is 2. The molecule has 2 bridgehead atoms. The lowest BCUT2D eigenvalue weighted by Gasteiger charge is -2.42. The van der Waals surface area contributed by atoms with Crippen LogP contribution in [0, 0.1) is 29.6 Å². The van der Waals surface area contributed by atoms with Crippen molar-refractivity contribution in [3.8, 4) is 0 Å². The molecular formula is C17H25NO3. The number of hydrogen-bond donors (Lipinski definition) is 2. The molecule has 4 heteroatoms. The number of carboxylic acids is 1. The third-order valence-electron chi connectivity index (χ3n) is 5.63. The summed E-state index contributed by atoms with van der Waals surface area (Å²) in [6.07, 6.45) is 12.2. The number of carbonyl (C=O) groups excluding carboxylic acids is 1. The summed E-state index contributed by atoms with van der Waals surface area (Å²) < 4.78 is 0. The third-order valence-corrected chi connectivity index (χ3v) is 5.63. The number of carboxylic acid groups (broad SMARTS) is 1. The molecule has 2 N–H and O–H groups in total. The maximum Gasteiger partial charge on any atom is 0.307 e. The van der Waals surface area contributed by atoms with E-state index in [-0.39, 0.29) is 23.7 Å². The van der Waals surface area contributed by atoms with Gasteiger partial charge in [0.2, 0.25) is 5.91 Å². The van der Waals surface area contributed by atoms with Gasteiger partial charge in [0.25, 0.3) is 0 Å². The van der Waals surface area contributed by atoms with Gasteiger partial charge in [0.05, 0.1) is 11.8 Å². The van der Waals surface area contributed by atoms with Crippen molar-refractivity contribution in [1.29, 1.82) is 0 Å². The Morgan fingerprint density at radius 1 is 0.952 bits per heavy atom. The van der Waals surface area contributed by atoms with Crippen LogP contribution in [0.4, 0.5) is 0 Å². The molecule has 4 nitrogen and oxygen atoms in total. The molecule has 0 heterocycles. The van der Waals surface area contributed by atoms with Crippen LogP contribution in [0.25, 0.3) is 0 Å². The molecule has 4 aliphatic carbocycles. The smallest absolute Gasteiger partial charge is 0.307 e. The standard InChI is InChI=1S/C17H25NO3/c19-16(18-10-11-4-2-1-3-5-11)14-12-6-8-13(9-7-12)15(14)17(20)21/h6,8,11-15H,1-5,7,9-10H2,(H,18,19)(H,20,21)/t12-,13+,14-,15+/m1/s1. The molecule has 0 radical (unpaired) electrons. The van der Waals surface area contributed by atoms with Gasteiger partial charge in [-0.2, -0.15) is 0 Å². The first-order valence-corrected chi connectivity index (χ1v) is 8.35. The Morgan fingerprint density at radius 3 is 2.14 bits per heavy atom. The summed E-state index contributed by atoms with van der Waals surface area (Å²) in [4.78, 5) is 24.1. The van der Waals surface area contributed by atoms with Gasteiger partial charge < -0.3 is 10.4 Å². The Hall–Kier alpha value is -1.32. The van der Waals surface area contributed by atoms with Gasteiger partial charge in [-0.1, -0.05) is 31.4 Å². The number of amides is 1. The van der Waals surface area contributed by atoms with Crippen LogP contribution < -0.4 is 5.32 Å². The topological polar surface area (TPSA) is 66.4 Å². The lowest BCUT2D eigenvalue weighted by atomic mass is 9.62. The maximum atomic E-state index is 12.5. The molecule has 0 saturated heterocycles. The Balaban J connectivity index is 1.62. The Morgan fingerprint density at radius 2 is 1.57 bits per heavy atom. The van der Waals surface area contributed by atoms with Crippen molar-refractivity contribution < 1.29 is 14.7 Å². The van der Waals surface area contributed by atoms with Crippen molar-refractivity contribution in [1.82, 2.24) is 5.32 Å². The van der Waals surface area contributed by atoms with E-state index < -0.39 is 11.9 Å². The molecule has 116 valence electrons. The highest BCUT2D eigenvalue weighted by Gasteiger charge is 2.48. The molecule has 2 fully saturated rings. The number of rotatable bonds is 4. The molecular weight excluding hydrogens is 266 g/mol. The molecule has 2 saturated carbocycles. The van der Waals surface area contributed by atoms with Gasteiger partial charge in [-0.25, -0.2) is 0 Å². The van der Waals surface area contributed by atoms with Gasteiger partial charge in [-0.15, -0.1) is 0 Å². The maximum absolute atomic E-state index is 12.5. The van der Waals surface area contributed by atoms with Crippen LogP contribution in [-0.4, -0.2) is 23.5 Å². The average Bonchev–Trinajstić information content (AvgIpc) is 2.53.